The van der Waals surface area contributed by atoms with E-state index in [9.17, 15) is 10.2 Å². The molecule has 1 rings (SSSR count). The number of hydrogen-bond donors (Lipinski definition) is 2. The Balaban J connectivity index is 3.29. The van der Waals surface area contributed by atoms with Gasteiger partial charge >= 0.3 is 0 Å². The average molecular weight is 252 g/mol. The average Bonchev–Trinajstić information content (AvgIpc) is 2.13. The third kappa shape index (κ3) is 4.00. The van der Waals surface area contributed by atoms with E-state index in [2.05, 4.69) is 0 Å². The standard InChI is InChI=1S/C15H24O3/c1-10(2)18-13-8-11(14(3,4)16)7-12(9-13)15(5,6)17/h7-10,16-17H,1-6H3. The number of benzene rings is 1. The van der Waals surface area contributed by atoms with E-state index in [1.165, 1.54) is 0 Å². The van der Waals surface area contributed by atoms with Crippen LogP contribution in [0.3, 0.4) is 0 Å². The lowest BCUT2D eigenvalue weighted by Crippen LogP contribution is -2.21. The Hall–Kier alpha value is -1.06. The smallest absolute Gasteiger partial charge is 0.120 e. The van der Waals surface area contributed by atoms with Crippen LogP contribution in [0.15, 0.2) is 18.2 Å². The second-order valence-electron chi connectivity index (χ2n) is 6.03. The highest BCUT2D eigenvalue weighted by atomic mass is 16.5. The predicted molar refractivity (Wildman–Crippen MR) is 72.7 cm³/mol. The third-order valence-corrected chi connectivity index (χ3v) is 2.69. The minimum absolute atomic E-state index is 0.0525. The molecule has 0 heterocycles. The lowest BCUT2D eigenvalue weighted by molar-refractivity contribution is 0.0708. The molecule has 18 heavy (non-hydrogen) atoms. The van der Waals surface area contributed by atoms with E-state index in [-0.39, 0.29) is 6.10 Å². The highest BCUT2D eigenvalue weighted by molar-refractivity contribution is 5.39. The van der Waals surface area contributed by atoms with Crippen molar-refractivity contribution >= 4 is 0 Å². The molecule has 0 bridgehead atoms. The summed E-state index contributed by atoms with van der Waals surface area (Å²) in [4.78, 5) is 0. The van der Waals surface area contributed by atoms with Gasteiger partial charge in [0.1, 0.15) is 5.75 Å². The lowest BCUT2D eigenvalue weighted by atomic mass is 9.90. The van der Waals surface area contributed by atoms with Crippen LogP contribution in [-0.2, 0) is 11.2 Å². The molecule has 0 fully saturated rings. The molecular weight excluding hydrogens is 228 g/mol. The van der Waals surface area contributed by atoms with Crippen molar-refractivity contribution in [2.24, 2.45) is 0 Å². The highest BCUT2D eigenvalue weighted by Crippen LogP contribution is 2.31. The summed E-state index contributed by atoms with van der Waals surface area (Å²) in [5.74, 6) is 0.668. The Morgan fingerprint density at radius 3 is 1.56 bits per heavy atom. The zero-order chi connectivity index (χ0) is 14.1. The van der Waals surface area contributed by atoms with Crippen LogP contribution in [0.1, 0.15) is 52.7 Å². The van der Waals surface area contributed by atoms with Crippen molar-refractivity contribution in [2.45, 2.75) is 58.8 Å². The summed E-state index contributed by atoms with van der Waals surface area (Å²) in [7, 11) is 0. The van der Waals surface area contributed by atoms with Gasteiger partial charge in [0.2, 0.25) is 0 Å². The number of ether oxygens (including phenoxy) is 1. The van der Waals surface area contributed by atoms with Crippen LogP contribution in [0.2, 0.25) is 0 Å². The molecule has 0 aromatic heterocycles. The maximum absolute atomic E-state index is 10.1. The largest absolute Gasteiger partial charge is 0.491 e. The summed E-state index contributed by atoms with van der Waals surface area (Å²) in [5, 5.41) is 20.2. The summed E-state index contributed by atoms with van der Waals surface area (Å²) >= 11 is 0. The van der Waals surface area contributed by atoms with Crippen LogP contribution in [0, 0.1) is 0 Å². The predicted octanol–water partition coefficient (Wildman–Crippen LogP) is 2.93. The molecule has 0 saturated carbocycles. The van der Waals surface area contributed by atoms with Gasteiger partial charge in [-0.05, 0) is 70.9 Å². The summed E-state index contributed by atoms with van der Waals surface area (Å²) in [6.45, 7) is 10.8. The van der Waals surface area contributed by atoms with Gasteiger partial charge in [-0.25, -0.2) is 0 Å². The molecule has 1 aromatic rings. The fourth-order valence-electron chi connectivity index (χ4n) is 1.65. The van der Waals surface area contributed by atoms with Gasteiger partial charge in [-0.1, -0.05) is 0 Å². The molecule has 0 aliphatic heterocycles. The van der Waals surface area contributed by atoms with Crippen molar-refractivity contribution in [3.63, 3.8) is 0 Å². The van der Waals surface area contributed by atoms with Gasteiger partial charge in [-0.3, -0.25) is 0 Å². The molecule has 0 amide bonds. The van der Waals surface area contributed by atoms with E-state index >= 15 is 0 Å². The van der Waals surface area contributed by atoms with Gasteiger partial charge < -0.3 is 14.9 Å². The Bertz CT molecular complexity index is 376. The molecule has 0 radical (unpaired) electrons. The van der Waals surface area contributed by atoms with Crippen LogP contribution in [0.25, 0.3) is 0 Å². The minimum atomic E-state index is -0.962. The monoisotopic (exact) mass is 252 g/mol. The molecule has 0 atom stereocenters. The van der Waals surface area contributed by atoms with Gasteiger partial charge in [0.05, 0.1) is 17.3 Å². The molecule has 0 spiro atoms. The van der Waals surface area contributed by atoms with E-state index in [0.717, 1.165) is 11.1 Å². The minimum Gasteiger partial charge on any atom is -0.491 e. The maximum Gasteiger partial charge on any atom is 0.120 e. The molecule has 0 aliphatic rings. The SMILES string of the molecule is CC(C)Oc1cc(C(C)(C)O)cc(C(C)(C)O)c1. The summed E-state index contributed by atoms with van der Waals surface area (Å²) in [5.41, 5.74) is -0.456. The van der Waals surface area contributed by atoms with Crippen molar-refractivity contribution in [2.75, 3.05) is 0 Å². The highest BCUT2D eigenvalue weighted by Gasteiger charge is 2.23. The zero-order valence-electron chi connectivity index (χ0n) is 12.1. The third-order valence-electron chi connectivity index (χ3n) is 2.69. The van der Waals surface area contributed by atoms with E-state index in [0.29, 0.717) is 5.75 Å². The fourth-order valence-corrected chi connectivity index (χ4v) is 1.65. The van der Waals surface area contributed by atoms with E-state index in [4.69, 9.17) is 4.74 Å². The Morgan fingerprint density at radius 2 is 1.28 bits per heavy atom. The number of rotatable bonds is 4. The Kier molecular flexibility index (Phi) is 4.08. The molecule has 3 heteroatoms. The van der Waals surface area contributed by atoms with Gasteiger partial charge in [0.15, 0.2) is 0 Å². The Morgan fingerprint density at radius 1 is 0.889 bits per heavy atom. The molecule has 1 aromatic carbocycles. The first kappa shape index (κ1) is 15.0. The van der Waals surface area contributed by atoms with E-state index in [1.54, 1.807) is 27.7 Å². The maximum atomic E-state index is 10.1. The molecular formula is C15H24O3. The van der Waals surface area contributed by atoms with Crippen LogP contribution in [-0.4, -0.2) is 16.3 Å². The molecule has 102 valence electrons. The van der Waals surface area contributed by atoms with Crippen LogP contribution >= 0.6 is 0 Å². The van der Waals surface area contributed by atoms with Crippen LogP contribution in [0.4, 0.5) is 0 Å². The quantitative estimate of drug-likeness (QED) is 0.866. The fraction of sp³-hybridized carbons (Fsp3) is 0.600. The molecule has 0 aliphatic carbocycles. The topological polar surface area (TPSA) is 49.7 Å². The van der Waals surface area contributed by atoms with Crippen molar-refractivity contribution in [1.82, 2.24) is 0 Å². The van der Waals surface area contributed by atoms with Gasteiger partial charge in [0, 0.05) is 0 Å². The second-order valence-corrected chi connectivity index (χ2v) is 6.03. The molecule has 2 N–H and O–H groups in total. The Labute approximate surface area is 109 Å². The molecule has 0 unspecified atom stereocenters. The van der Waals surface area contributed by atoms with E-state index < -0.39 is 11.2 Å². The molecule has 3 nitrogen and oxygen atoms in total. The van der Waals surface area contributed by atoms with Gasteiger partial charge in [-0.15, -0.1) is 0 Å². The van der Waals surface area contributed by atoms with Gasteiger partial charge in [-0.2, -0.15) is 0 Å². The normalized spacial score (nSPS) is 12.9. The zero-order valence-corrected chi connectivity index (χ0v) is 12.1. The number of aliphatic hydroxyl groups is 2. The number of hydrogen-bond acceptors (Lipinski definition) is 3. The molecule has 0 saturated heterocycles. The van der Waals surface area contributed by atoms with Crippen LogP contribution in [0.5, 0.6) is 5.75 Å². The first-order valence-corrected chi connectivity index (χ1v) is 6.27. The van der Waals surface area contributed by atoms with Crippen LogP contribution < -0.4 is 4.74 Å². The summed E-state index contributed by atoms with van der Waals surface area (Å²) in [6, 6.07) is 5.44. The van der Waals surface area contributed by atoms with Crippen molar-refractivity contribution in [1.29, 1.82) is 0 Å². The van der Waals surface area contributed by atoms with E-state index in [1.807, 2.05) is 32.0 Å². The van der Waals surface area contributed by atoms with Crippen molar-refractivity contribution in [3.05, 3.63) is 29.3 Å². The first-order valence-electron chi connectivity index (χ1n) is 6.27. The first-order chi connectivity index (χ1) is 8.00. The lowest BCUT2D eigenvalue weighted by Gasteiger charge is -2.25. The van der Waals surface area contributed by atoms with Crippen molar-refractivity contribution < 1.29 is 14.9 Å². The second kappa shape index (κ2) is 4.90. The summed E-state index contributed by atoms with van der Waals surface area (Å²) in [6.07, 6.45) is 0.0525. The summed E-state index contributed by atoms with van der Waals surface area (Å²) < 4.78 is 5.66. The van der Waals surface area contributed by atoms with Crippen molar-refractivity contribution in [3.8, 4) is 5.75 Å². The van der Waals surface area contributed by atoms with Gasteiger partial charge in [0.25, 0.3) is 0 Å².